The van der Waals surface area contributed by atoms with Gasteiger partial charge < -0.3 is 15.5 Å². The Morgan fingerprint density at radius 2 is 1.54 bits per heavy atom. The van der Waals surface area contributed by atoms with Crippen LogP contribution in [0.3, 0.4) is 0 Å². The van der Waals surface area contributed by atoms with Gasteiger partial charge in [-0.25, -0.2) is 0 Å². The Balaban J connectivity index is 1.86. The zero-order chi connectivity index (χ0) is 20.5. The Bertz CT molecular complexity index is 757. The summed E-state index contributed by atoms with van der Waals surface area (Å²) in [7, 11) is 1.86. The average molecular weight is 383 g/mol. The molecular formula is C23H32N3O2+. The molecule has 0 aliphatic heterocycles. The number of carbonyl (C=O) groups excluding carboxylic acids is 2. The number of anilines is 1. The summed E-state index contributed by atoms with van der Waals surface area (Å²) < 4.78 is 0. The van der Waals surface area contributed by atoms with Gasteiger partial charge in [-0.3, -0.25) is 9.59 Å². The Labute approximate surface area is 168 Å². The second-order valence-electron chi connectivity index (χ2n) is 7.89. The van der Waals surface area contributed by atoms with Gasteiger partial charge in [0.05, 0.1) is 13.1 Å². The van der Waals surface area contributed by atoms with Gasteiger partial charge in [0.25, 0.3) is 11.8 Å². The minimum atomic E-state index is -0.101. The molecule has 2 atom stereocenters. The van der Waals surface area contributed by atoms with Gasteiger partial charge in [0, 0.05) is 5.69 Å². The lowest BCUT2D eigenvalue weighted by atomic mass is 9.97. The van der Waals surface area contributed by atoms with Gasteiger partial charge in [0.1, 0.15) is 0 Å². The highest BCUT2D eigenvalue weighted by Crippen LogP contribution is 2.20. The van der Waals surface area contributed by atoms with E-state index in [0.29, 0.717) is 5.92 Å². The van der Waals surface area contributed by atoms with E-state index in [2.05, 4.69) is 24.5 Å². The standard InChI is InChI=1S/C23H31N3O2/c1-17(2)14-21(19-8-6-5-7-9-19)25-23(28)16-26(4)15-22(27)24-20-12-10-18(3)11-13-20/h5-13,17,21H,14-16H2,1-4H3,(H,24,27)(H,25,28)/p+1/t21-/m0/s1. The number of rotatable bonds is 9. The number of hydrogen-bond acceptors (Lipinski definition) is 2. The molecule has 0 bridgehead atoms. The van der Waals surface area contributed by atoms with Crippen molar-refractivity contribution in [3.63, 3.8) is 0 Å². The molecule has 2 rings (SSSR count). The predicted octanol–water partition coefficient (Wildman–Crippen LogP) is 2.35. The van der Waals surface area contributed by atoms with Crippen LogP contribution in [0.25, 0.3) is 0 Å². The molecule has 0 heterocycles. The monoisotopic (exact) mass is 382 g/mol. The van der Waals surface area contributed by atoms with Crippen LogP contribution in [0, 0.1) is 12.8 Å². The summed E-state index contributed by atoms with van der Waals surface area (Å²) in [6, 6.07) is 17.7. The highest BCUT2D eigenvalue weighted by molar-refractivity contribution is 5.91. The quantitative estimate of drug-likeness (QED) is 0.623. The zero-order valence-electron chi connectivity index (χ0n) is 17.3. The molecule has 1 unspecified atom stereocenters. The largest absolute Gasteiger partial charge is 0.344 e. The molecule has 28 heavy (non-hydrogen) atoms. The molecule has 5 heteroatoms. The second kappa shape index (κ2) is 10.6. The molecule has 0 aliphatic carbocycles. The minimum absolute atomic E-state index is 0.0112. The molecule has 5 nitrogen and oxygen atoms in total. The average Bonchev–Trinajstić information content (AvgIpc) is 2.63. The first-order valence-electron chi connectivity index (χ1n) is 9.85. The number of hydrogen-bond donors (Lipinski definition) is 3. The van der Waals surface area contributed by atoms with Crippen molar-refractivity contribution in [2.75, 3.05) is 25.5 Å². The van der Waals surface area contributed by atoms with Crippen LogP contribution in [0.4, 0.5) is 5.69 Å². The summed E-state index contributed by atoms with van der Waals surface area (Å²) in [5.74, 6) is 0.321. The summed E-state index contributed by atoms with van der Waals surface area (Å²) in [6.07, 6.45) is 0.878. The van der Waals surface area contributed by atoms with E-state index >= 15 is 0 Å². The molecule has 3 N–H and O–H groups in total. The third kappa shape index (κ3) is 7.53. The Morgan fingerprint density at radius 1 is 0.929 bits per heavy atom. The van der Waals surface area contributed by atoms with Crippen LogP contribution < -0.4 is 15.5 Å². The molecule has 0 radical (unpaired) electrons. The lowest BCUT2D eigenvalue weighted by Gasteiger charge is -2.22. The van der Waals surface area contributed by atoms with E-state index in [-0.39, 0.29) is 30.9 Å². The molecule has 0 spiro atoms. The minimum Gasteiger partial charge on any atom is -0.344 e. The fourth-order valence-corrected chi connectivity index (χ4v) is 3.13. The van der Waals surface area contributed by atoms with Crippen LogP contribution in [-0.2, 0) is 9.59 Å². The fourth-order valence-electron chi connectivity index (χ4n) is 3.13. The van der Waals surface area contributed by atoms with Crippen molar-refractivity contribution in [2.45, 2.75) is 33.2 Å². The molecule has 0 saturated carbocycles. The molecule has 2 aromatic rings. The van der Waals surface area contributed by atoms with Crippen LogP contribution in [0.15, 0.2) is 54.6 Å². The van der Waals surface area contributed by atoms with Crippen molar-refractivity contribution in [1.29, 1.82) is 0 Å². The van der Waals surface area contributed by atoms with E-state index in [0.717, 1.165) is 28.1 Å². The van der Waals surface area contributed by atoms with Crippen molar-refractivity contribution in [2.24, 2.45) is 5.92 Å². The first kappa shape index (κ1) is 21.6. The molecule has 150 valence electrons. The molecule has 0 fully saturated rings. The number of aryl methyl sites for hydroxylation is 1. The summed E-state index contributed by atoms with van der Waals surface area (Å²) >= 11 is 0. The van der Waals surface area contributed by atoms with Crippen LogP contribution >= 0.6 is 0 Å². The Kier molecular flexibility index (Phi) is 8.20. The van der Waals surface area contributed by atoms with Crippen molar-refractivity contribution in [3.8, 4) is 0 Å². The van der Waals surface area contributed by atoms with Gasteiger partial charge in [0.15, 0.2) is 13.1 Å². The molecule has 0 aromatic heterocycles. The Morgan fingerprint density at radius 3 is 2.14 bits per heavy atom. The third-order valence-corrected chi connectivity index (χ3v) is 4.50. The van der Waals surface area contributed by atoms with Crippen LogP contribution in [-0.4, -0.2) is 32.0 Å². The molecule has 0 saturated heterocycles. The van der Waals surface area contributed by atoms with Gasteiger partial charge in [0.2, 0.25) is 0 Å². The first-order chi connectivity index (χ1) is 13.3. The van der Waals surface area contributed by atoms with Gasteiger partial charge >= 0.3 is 0 Å². The smallest absolute Gasteiger partial charge is 0.279 e. The normalized spacial score (nSPS) is 13.0. The van der Waals surface area contributed by atoms with Gasteiger partial charge in [-0.15, -0.1) is 0 Å². The van der Waals surface area contributed by atoms with Crippen molar-refractivity contribution in [3.05, 3.63) is 65.7 Å². The van der Waals surface area contributed by atoms with E-state index in [1.165, 1.54) is 0 Å². The number of likely N-dealkylation sites (N-methyl/N-ethyl adjacent to an activating group) is 1. The van der Waals surface area contributed by atoms with E-state index in [1.54, 1.807) is 0 Å². The lowest BCUT2D eigenvalue weighted by molar-refractivity contribution is -0.862. The van der Waals surface area contributed by atoms with Crippen molar-refractivity contribution in [1.82, 2.24) is 5.32 Å². The summed E-state index contributed by atoms with van der Waals surface area (Å²) in [5.41, 5.74) is 3.03. The van der Waals surface area contributed by atoms with Crippen LogP contribution in [0.1, 0.15) is 37.4 Å². The number of benzene rings is 2. The highest BCUT2D eigenvalue weighted by atomic mass is 16.2. The number of carbonyl (C=O) groups is 2. The molecular weight excluding hydrogens is 350 g/mol. The summed E-state index contributed by atoms with van der Waals surface area (Å²) in [4.78, 5) is 25.6. The fraction of sp³-hybridized carbons (Fsp3) is 0.391. The second-order valence-corrected chi connectivity index (χ2v) is 7.89. The first-order valence-corrected chi connectivity index (χ1v) is 9.85. The number of amides is 2. The lowest BCUT2D eigenvalue weighted by Crippen LogP contribution is -3.11. The molecule has 2 amide bonds. The number of quaternary nitrogens is 1. The third-order valence-electron chi connectivity index (χ3n) is 4.50. The van der Waals surface area contributed by atoms with Crippen molar-refractivity contribution < 1.29 is 14.5 Å². The SMILES string of the molecule is Cc1ccc(NC(=O)C[NH+](C)CC(=O)N[C@@H](CC(C)C)c2ccccc2)cc1. The highest BCUT2D eigenvalue weighted by Gasteiger charge is 2.19. The van der Waals surface area contributed by atoms with Crippen LogP contribution in [0.2, 0.25) is 0 Å². The number of nitrogens with one attached hydrogen (secondary N) is 3. The van der Waals surface area contributed by atoms with E-state index in [1.807, 2.05) is 68.6 Å². The van der Waals surface area contributed by atoms with E-state index in [9.17, 15) is 9.59 Å². The molecule has 0 aliphatic rings. The maximum Gasteiger partial charge on any atom is 0.279 e. The predicted molar refractivity (Wildman–Crippen MR) is 113 cm³/mol. The summed E-state index contributed by atoms with van der Waals surface area (Å²) in [6.45, 7) is 6.79. The van der Waals surface area contributed by atoms with Crippen molar-refractivity contribution >= 4 is 17.5 Å². The van der Waals surface area contributed by atoms with Gasteiger partial charge in [-0.1, -0.05) is 61.9 Å². The Hall–Kier alpha value is -2.66. The van der Waals surface area contributed by atoms with E-state index < -0.39 is 0 Å². The topological polar surface area (TPSA) is 62.6 Å². The van der Waals surface area contributed by atoms with E-state index in [4.69, 9.17) is 0 Å². The maximum absolute atomic E-state index is 12.5. The maximum atomic E-state index is 12.5. The molecule has 2 aromatic carbocycles. The zero-order valence-corrected chi connectivity index (χ0v) is 17.3. The van der Waals surface area contributed by atoms with Crippen LogP contribution in [0.5, 0.6) is 0 Å². The van der Waals surface area contributed by atoms with Gasteiger partial charge in [-0.2, -0.15) is 0 Å². The summed E-state index contributed by atoms with van der Waals surface area (Å²) in [5, 5.41) is 6.01. The van der Waals surface area contributed by atoms with Gasteiger partial charge in [-0.05, 0) is 37.0 Å².